The Morgan fingerprint density at radius 1 is 1.06 bits per heavy atom. The number of hydrogen-bond donors (Lipinski definition) is 2. The van der Waals surface area contributed by atoms with E-state index in [-0.39, 0.29) is 12.0 Å². The molecule has 0 atom stereocenters. The molecule has 0 aliphatic heterocycles. The van der Waals surface area contributed by atoms with Crippen LogP contribution in [0.4, 0.5) is 24.5 Å². The molecule has 2 N–H and O–H groups in total. The predicted octanol–water partition coefficient (Wildman–Crippen LogP) is 5.44. The van der Waals surface area contributed by atoms with Crippen LogP contribution in [0.3, 0.4) is 0 Å². The molecule has 0 spiro atoms. The minimum Gasteiger partial charge on any atom is -0.355 e. The maximum atomic E-state index is 12.6. The number of carbonyl (C=O) groups excluding carboxylic acids is 1. The normalized spacial score (nSPS) is 12.3. The van der Waals surface area contributed by atoms with Gasteiger partial charge in [0.1, 0.15) is 5.65 Å². The van der Waals surface area contributed by atoms with E-state index in [9.17, 15) is 22.8 Å². The molecule has 0 unspecified atom stereocenters. The number of carbonyl (C=O) groups is 1. The smallest absolute Gasteiger partial charge is 0.355 e. The molecular weight excluding hydrogens is 419 g/mol. The van der Waals surface area contributed by atoms with Gasteiger partial charge in [0.05, 0.1) is 5.69 Å². The number of rotatable bonds is 5. The van der Waals surface area contributed by atoms with Crippen LogP contribution in [-0.2, 0) is 11.2 Å². The molecule has 2 heterocycles. The van der Waals surface area contributed by atoms with Crippen molar-refractivity contribution in [2.75, 3.05) is 5.32 Å². The number of allylic oxidation sites excluding steroid dienone is 2. The van der Waals surface area contributed by atoms with Gasteiger partial charge in [0.2, 0.25) is 0 Å². The second-order valence-corrected chi connectivity index (χ2v) is 7.37. The molecule has 0 aliphatic rings. The molecule has 0 fully saturated rings. The van der Waals surface area contributed by atoms with Crippen molar-refractivity contribution in [2.45, 2.75) is 19.5 Å². The van der Waals surface area contributed by atoms with E-state index in [1.807, 2.05) is 12.1 Å². The number of hydrogen-bond acceptors (Lipinski definition) is 4. The third-order valence-electron chi connectivity index (χ3n) is 5.06. The van der Waals surface area contributed by atoms with E-state index in [1.54, 1.807) is 48.7 Å². The second-order valence-electron chi connectivity index (χ2n) is 7.37. The minimum absolute atomic E-state index is 0.127. The summed E-state index contributed by atoms with van der Waals surface area (Å²) in [5.74, 6) is -0.615. The average molecular weight is 437 g/mol. The molecule has 4 aromatic rings. The number of pyridine rings is 2. The van der Waals surface area contributed by atoms with E-state index in [0.29, 0.717) is 28.4 Å². The van der Waals surface area contributed by atoms with Crippen molar-refractivity contribution in [3.05, 3.63) is 88.4 Å². The first-order chi connectivity index (χ1) is 15.2. The number of nitrogens with one attached hydrogen (secondary N) is 2. The lowest BCUT2D eigenvalue weighted by Gasteiger charge is -2.12. The third kappa shape index (κ3) is 4.39. The van der Waals surface area contributed by atoms with Crippen LogP contribution in [0.1, 0.15) is 12.5 Å². The van der Waals surface area contributed by atoms with Gasteiger partial charge >= 0.3 is 6.18 Å². The molecule has 0 aliphatic carbocycles. The number of nitrogens with zero attached hydrogens (tertiary/aromatic N) is 1. The molecule has 8 heteroatoms. The highest BCUT2D eigenvalue weighted by molar-refractivity contribution is 6.10. The lowest BCUT2D eigenvalue weighted by atomic mass is 10.1. The number of benzene rings is 2. The molecule has 0 amide bonds. The molecule has 0 radical (unpaired) electrons. The van der Waals surface area contributed by atoms with E-state index >= 15 is 0 Å². The second kappa shape index (κ2) is 8.30. The first-order valence-electron chi connectivity index (χ1n) is 9.76. The van der Waals surface area contributed by atoms with Gasteiger partial charge in [-0.2, -0.15) is 13.2 Å². The Morgan fingerprint density at radius 3 is 2.44 bits per heavy atom. The zero-order valence-electron chi connectivity index (χ0n) is 17.0. The molecule has 4 rings (SSSR count). The minimum atomic E-state index is -4.51. The number of aromatic nitrogens is 2. The summed E-state index contributed by atoms with van der Waals surface area (Å²) in [6.07, 6.45) is -2.43. The van der Waals surface area contributed by atoms with Gasteiger partial charge in [-0.15, -0.1) is 0 Å². The fourth-order valence-electron chi connectivity index (χ4n) is 3.44. The van der Waals surface area contributed by atoms with Crippen molar-refractivity contribution in [1.82, 2.24) is 9.97 Å². The largest absolute Gasteiger partial charge is 0.412 e. The van der Waals surface area contributed by atoms with Gasteiger partial charge in [0.25, 0.3) is 5.56 Å². The number of ketones is 1. The van der Waals surface area contributed by atoms with Gasteiger partial charge in [-0.25, -0.2) is 4.98 Å². The van der Waals surface area contributed by atoms with Crippen molar-refractivity contribution in [3.8, 4) is 0 Å². The van der Waals surface area contributed by atoms with Crippen molar-refractivity contribution in [1.29, 1.82) is 0 Å². The van der Waals surface area contributed by atoms with Crippen LogP contribution in [0.25, 0.3) is 21.8 Å². The summed E-state index contributed by atoms with van der Waals surface area (Å²) in [7, 11) is 0. The Hall–Kier alpha value is -3.94. The summed E-state index contributed by atoms with van der Waals surface area (Å²) < 4.78 is 37.8. The van der Waals surface area contributed by atoms with E-state index in [4.69, 9.17) is 0 Å². The van der Waals surface area contributed by atoms with Gasteiger partial charge in [-0.1, -0.05) is 30.3 Å². The molecule has 32 heavy (non-hydrogen) atoms. The Kier molecular flexibility index (Phi) is 5.52. The number of aromatic amines is 1. The third-order valence-corrected chi connectivity index (χ3v) is 5.06. The van der Waals surface area contributed by atoms with Crippen molar-refractivity contribution in [3.63, 3.8) is 0 Å². The first kappa shape index (κ1) is 21.3. The Bertz CT molecular complexity index is 1400. The number of anilines is 2. The van der Waals surface area contributed by atoms with Gasteiger partial charge in [-0.05, 0) is 42.8 Å². The van der Waals surface area contributed by atoms with Crippen molar-refractivity contribution < 1.29 is 18.0 Å². The number of halogens is 3. The summed E-state index contributed by atoms with van der Waals surface area (Å²) in [4.78, 5) is 31.3. The van der Waals surface area contributed by atoms with Crippen LogP contribution in [-0.4, -0.2) is 21.9 Å². The maximum Gasteiger partial charge on any atom is 0.412 e. The molecule has 2 aromatic carbocycles. The Balaban J connectivity index is 1.60. The molecule has 0 saturated heterocycles. The topological polar surface area (TPSA) is 74.8 Å². The molecule has 162 valence electrons. The van der Waals surface area contributed by atoms with Crippen LogP contribution in [0.2, 0.25) is 0 Å². The Morgan fingerprint density at radius 2 is 1.75 bits per heavy atom. The summed E-state index contributed by atoms with van der Waals surface area (Å²) in [6, 6.07) is 15.9. The van der Waals surface area contributed by atoms with Crippen LogP contribution in [0.15, 0.2) is 77.2 Å². The zero-order valence-corrected chi connectivity index (χ0v) is 17.0. The number of alkyl halides is 3. The monoisotopic (exact) mass is 437 g/mol. The SMILES string of the molecule is C/C(=C/C(=O)Cc1ccc(Nc2ccnc3[nH]c(=O)c4ccccc4c23)cc1)C(F)(F)F. The summed E-state index contributed by atoms with van der Waals surface area (Å²) in [6.45, 7) is 0.876. The van der Waals surface area contributed by atoms with Crippen LogP contribution in [0.5, 0.6) is 0 Å². The molecule has 0 bridgehead atoms. The quantitative estimate of drug-likeness (QED) is 0.322. The fourth-order valence-corrected chi connectivity index (χ4v) is 3.44. The summed E-state index contributed by atoms with van der Waals surface area (Å²) in [5, 5.41) is 5.35. The molecule has 2 aromatic heterocycles. The fraction of sp³-hybridized carbons (Fsp3) is 0.125. The van der Waals surface area contributed by atoms with Crippen molar-refractivity contribution in [2.24, 2.45) is 0 Å². The van der Waals surface area contributed by atoms with Crippen LogP contribution < -0.4 is 10.9 Å². The zero-order chi connectivity index (χ0) is 22.9. The van der Waals surface area contributed by atoms with E-state index < -0.39 is 17.5 Å². The maximum absolute atomic E-state index is 12.6. The first-order valence-corrected chi connectivity index (χ1v) is 9.76. The van der Waals surface area contributed by atoms with Crippen LogP contribution >= 0.6 is 0 Å². The number of H-pyrrole nitrogens is 1. The number of fused-ring (bicyclic) bond motifs is 3. The van der Waals surface area contributed by atoms with Crippen LogP contribution in [0, 0.1) is 0 Å². The summed E-state index contributed by atoms with van der Waals surface area (Å²) >= 11 is 0. The average Bonchev–Trinajstić information content (AvgIpc) is 2.74. The highest BCUT2D eigenvalue weighted by atomic mass is 19.4. The lowest BCUT2D eigenvalue weighted by Crippen LogP contribution is -2.11. The van der Waals surface area contributed by atoms with Gasteiger partial charge in [0, 0.05) is 40.0 Å². The highest BCUT2D eigenvalue weighted by Gasteiger charge is 2.30. The van der Waals surface area contributed by atoms with Crippen molar-refractivity contribution >= 4 is 39.0 Å². The standard InChI is InChI=1S/C24H18F3N3O2/c1-14(24(25,26)27)12-17(31)13-15-6-8-16(9-7-15)29-20-10-11-28-22-21(20)18-4-2-3-5-19(18)23(32)30-22/h2-12H,13H2,1H3,(H2,28,29,30,32)/b14-12-. The van der Waals surface area contributed by atoms with Gasteiger partial charge < -0.3 is 10.3 Å². The lowest BCUT2D eigenvalue weighted by molar-refractivity contribution is -0.115. The molecule has 5 nitrogen and oxygen atoms in total. The van der Waals surface area contributed by atoms with E-state index in [2.05, 4.69) is 15.3 Å². The van der Waals surface area contributed by atoms with Gasteiger partial charge in [-0.3, -0.25) is 9.59 Å². The van der Waals surface area contributed by atoms with E-state index in [1.165, 1.54) is 0 Å². The highest BCUT2D eigenvalue weighted by Crippen LogP contribution is 2.29. The predicted molar refractivity (Wildman–Crippen MR) is 118 cm³/mol. The molecular formula is C24H18F3N3O2. The Labute approximate surface area is 180 Å². The van der Waals surface area contributed by atoms with E-state index in [0.717, 1.165) is 23.4 Å². The molecule has 0 saturated carbocycles. The van der Waals surface area contributed by atoms with Gasteiger partial charge in [0.15, 0.2) is 5.78 Å². The summed E-state index contributed by atoms with van der Waals surface area (Å²) in [5.41, 5.74) is 1.35.